The number of benzene rings is 1. The third-order valence-electron chi connectivity index (χ3n) is 2.71. The third kappa shape index (κ3) is 4.13. The highest BCUT2D eigenvalue weighted by Gasteiger charge is 2.05. The van der Waals surface area contributed by atoms with Crippen LogP contribution >= 0.6 is 0 Å². The first-order chi connectivity index (χ1) is 8.54. The molecule has 0 aromatic heterocycles. The molecule has 1 amide bonds. The van der Waals surface area contributed by atoms with E-state index in [1.807, 2.05) is 50.3 Å². The van der Waals surface area contributed by atoms with Gasteiger partial charge in [0.1, 0.15) is 0 Å². The molecule has 0 spiro atoms. The summed E-state index contributed by atoms with van der Waals surface area (Å²) in [5.74, 6) is -0.0517. The van der Waals surface area contributed by atoms with Gasteiger partial charge in [0.05, 0.1) is 0 Å². The Labute approximate surface area is 109 Å². The lowest BCUT2D eigenvalue weighted by Crippen LogP contribution is -2.25. The fourth-order valence-corrected chi connectivity index (χ4v) is 1.46. The van der Waals surface area contributed by atoms with Crippen LogP contribution in [0.3, 0.4) is 0 Å². The summed E-state index contributed by atoms with van der Waals surface area (Å²) in [5.41, 5.74) is 2.67. The van der Waals surface area contributed by atoms with E-state index in [2.05, 4.69) is 17.2 Å². The molecule has 0 saturated heterocycles. The van der Waals surface area contributed by atoms with E-state index in [0.717, 1.165) is 17.8 Å². The Morgan fingerprint density at radius 3 is 2.39 bits per heavy atom. The van der Waals surface area contributed by atoms with Crippen LogP contribution in [-0.4, -0.2) is 33.6 Å². The SMILES string of the molecule is C=C(CCNC(=O)c1ccc(N(C)C)cc1)NC. The number of hydrogen-bond acceptors (Lipinski definition) is 3. The van der Waals surface area contributed by atoms with Crippen LogP contribution in [-0.2, 0) is 0 Å². The summed E-state index contributed by atoms with van der Waals surface area (Å²) in [5, 5.41) is 5.81. The first-order valence-electron chi connectivity index (χ1n) is 5.95. The number of rotatable bonds is 6. The molecule has 1 aromatic carbocycles. The fourth-order valence-electron chi connectivity index (χ4n) is 1.46. The molecule has 0 radical (unpaired) electrons. The molecule has 0 aliphatic rings. The molecular formula is C14H21N3O. The molecule has 0 saturated carbocycles. The second kappa shape index (κ2) is 6.69. The molecule has 18 heavy (non-hydrogen) atoms. The van der Waals surface area contributed by atoms with E-state index in [0.29, 0.717) is 12.1 Å². The van der Waals surface area contributed by atoms with E-state index >= 15 is 0 Å². The minimum Gasteiger partial charge on any atom is -0.392 e. The van der Waals surface area contributed by atoms with Gasteiger partial charge in [-0.15, -0.1) is 0 Å². The van der Waals surface area contributed by atoms with Crippen LogP contribution in [0.5, 0.6) is 0 Å². The third-order valence-corrected chi connectivity index (χ3v) is 2.71. The lowest BCUT2D eigenvalue weighted by molar-refractivity contribution is 0.0954. The Morgan fingerprint density at radius 2 is 1.89 bits per heavy atom. The molecule has 4 heteroatoms. The largest absolute Gasteiger partial charge is 0.392 e. The number of carbonyl (C=O) groups is 1. The predicted molar refractivity (Wildman–Crippen MR) is 75.9 cm³/mol. The Hall–Kier alpha value is -1.97. The van der Waals surface area contributed by atoms with Crippen molar-refractivity contribution in [2.45, 2.75) is 6.42 Å². The Kier molecular flexibility index (Phi) is 5.24. The Balaban J connectivity index is 2.49. The van der Waals surface area contributed by atoms with E-state index < -0.39 is 0 Å². The molecule has 0 bridgehead atoms. The minimum absolute atomic E-state index is 0.0517. The number of hydrogen-bond donors (Lipinski definition) is 2. The molecule has 98 valence electrons. The molecule has 0 fully saturated rings. The number of nitrogens with zero attached hydrogens (tertiary/aromatic N) is 1. The number of anilines is 1. The van der Waals surface area contributed by atoms with Crippen LogP contribution in [0.1, 0.15) is 16.8 Å². The van der Waals surface area contributed by atoms with Gasteiger partial charge in [0.15, 0.2) is 0 Å². The van der Waals surface area contributed by atoms with Gasteiger partial charge in [0.2, 0.25) is 0 Å². The van der Waals surface area contributed by atoms with Crippen molar-refractivity contribution in [2.24, 2.45) is 0 Å². The highest BCUT2D eigenvalue weighted by Crippen LogP contribution is 2.12. The van der Waals surface area contributed by atoms with Crippen LogP contribution in [0.2, 0.25) is 0 Å². The van der Waals surface area contributed by atoms with Crippen LogP contribution in [0, 0.1) is 0 Å². The Bertz CT molecular complexity index is 410. The van der Waals surface area contributed by atoms with Crippen molar-refractivity contribution in [3.63, 3.8) is 0 Å². The van der Waals surface area contributed by atoms with Gasteiger partial charge in [0, 0.05) is 51.1 Å². The summed E-state index contributed by atoms with van der Waals surface area (Å²) in [6, 6.07) is 7.53. The minimum atomic E-state index is -0.0517. The van der Waals surface area contributed by atoms with Gasteiger partial charge in [-0.3, -0.25) is 4.79 Å². The van der Waals surface area contributed by atoms with Gasteiger partial charge in [-0.2, -0.15) is 0 Å². The van der Waals surface area contributed by atoms with Crippen molar-refractivity contribution in [1.29, 1.82) is 0 Å². The number of nitrogens with one attached hydrogen (secondary N) is 2. The topological polar surface area (TPSA) is 44.4 Å². The van der Waals surface area contributed by atoms with E-state index in [1.165, 1.54) is 0 Å². The predicted octanol–water partition coefficient (Wildman–Crippen LogP) is 1.61. The monoisotopic (exact) mass is 247 g/mol. The van der Waals surface area contributed by atoms with Gasteiger partial charge in [-0.1, -0.05) is 6.58 Å². The lowest BCUT2D eigenvalue weighted by Gasteiger charge is -2.12. The summed E-state index contributed by atoms with van der Waals surface area (Å²) < 4.78 is 0. The van der Waals surface area contributed by atoms with Crippen LogP contribution in [0.25, 0.3) is 0 Å². The zero-order valence-corrected chi connectivity index (χ0v) is 11.3. The fraction of sp³-hybridized carbons (Fsp3) is 0.357. The van der Waals surface area contributed by atoms with Crippen LogP contribution < -0.4 is 15.5 Å². The maximum atomic E-state index is 11.8. The van der Waals surface area contributed by atoms with Crippen LogP contribution in [0.15, 0.2) is 36.5 Å². The van der Waals surface area contributed by atoms with Gasteiger partial charge in [0.25, 0.3) is 5.91 Å². The molecule has 0 heterocycles. The van der Waals surface area contributed by atoms with Gasteiger partial charge < -0.3 is 15.5 Å². The summed E-state index contributed by atoms with van der Waals surface area (Å²) in [4.78, 5) is 13.8. The maximum Gasteiger partial charge on any atom is 0.251 e. The van der Waals surface area contributed by atoms with Crippen LogP contribution in [0.4, 0.5) is 5.69 Å². The molecule has 1 rings (SSSR count). The average Bonchev–Trinajstić information content (AvgIpc) is 2.38. The summed E-state index contributed by atoms with van der Waals surface area (Å²) in [6.45, 7) is 4.40. The Morgan fingerprint density at radius 1 is 1.28 bits per heavy atom. The van der Waals surface area contributed by atoms with E-state index in [-0.39, 0.29) is 5.91 Å². The van der Waals surface area contributed by atoms with Crippen molar-refractivity contribution in [3.8, 4) is 0 Å². The highest BCUT2D eigenvalue weighted by molar-refractivity contribution is 5.94. The quantitative estimate of drug-likeness (QED) is 0.802. The normalized spacial score (nSPS) is 9.72. The molecule has 0 aliphatic carbocycles. The average molecular weight is 247 g/mol. The zero-order chi connectivity index (χ0) is 13.5. The number of amides is 1. The first-order valence-corrected chi connectivity index (χ1v) is 5.95. The molecule has 4 nitrogen and oxygen atoms in total. The summed E-state index contributed by atoms with van der Waals surface area (Å²) in [6.07, 6.45) is 0.734. The second-order valence-corrected chi connectivity index (χ2v) is 4.30. The molecule has 0 unspecified atom stereocenters. The molecular weight excluding hydrogens is 226 g/mol. The summed E-state index contributed by atoms with van der Waals surface area (Å²) >= 11 is 0. The number of carbonyl (C=O) groups excluding carboxylic acids is 1. The van der Waals surface area contributed by atoms with Crippen molar-refractivity contribution in [1.82, 2.24) is 10.6 Å². The second-order valence-electron chi connectivity index (χ2n) is 4.30. The molecule has 0 atom stereocenters. The van der Waals surface area contributed by atoms with Crippen molar-refractivity contribution in [3.05, 3.63) is 42.1 Å². The van der Waals surface area contributed by atoms with Gasteiger partial charge in [-0.05, 0) is 24.3 Å². The maximum absolute atomic E-state index is 11.8. The molecule has 1 aromatic rings. The highest BCUT2D eigenvalue weighted by atomic mass is 16.1. The van der Waals surface area contributed by atoms with E-state index in [1.54, 1.807) is 0 Å². The summed E-state index contributed by atoms with van der Waals surface area (Å²) in [7, 11) is 5.76. The first kappa shape index (κ1) is 14.1. The van der Waals surface area contributed by atoms with Crippen molar-refractivity contribution < 1.29 is 4.79 Å². The van der Waals surface area contributed by atoms with Crippen molar-refractivity contribution >= 4 is 11.6 Å². The lowest BCUT2D eigenvalue weighted by atomic mass is 10.2. The van der Waals surface area contributed by atoms with E-state index in [4.69, 9.17) is 0 Å². The van der Waals surface area contributed by atoms with Gasteiger partial charge in [-0.25, -0.2) is 0 Å². The molecule has 2 N–H and O–H groups in total. The van der Waals surface area contributed by atoms with Gasteiger partial charge >= 0.3 is 0 Å². The molecule has 0 aliphatic heterocycles. The smallest absolute Gasteiger partial charge is 0.251 e. The van der Waals surface area contributed by atoms with Crippen molar-refractivity contribution in [2.75, 3.05) is 32.6 Å². The zero-order valence-electron chi connectivity index (χ0n) is 11.3. The van der Waals surface area contributed by atoms with E-state index in [9.17, 15) is 4.79 Å². The standard InChI is InChI=1S/C14H21N3O/c1-11(15-2)9-10-16-14(18)12-5-7-13(8-6-12)17(3)4/h5-8,15H,1,9-10H2,2-4H3,(H,16,18).